The molecule has 0 amide bonds. The first-order valence-corrected chi connectivity index (χ1v) is 7.75. The molecule has 7 heteroatoms. The lowest BCUT2D eigenvalue weighted by molar-refractivity contribution is 0.316. The minimum absolute atomic E-state index is 0. The molecule has 1 saturated heterocycles. The summed E-state index contributed by atoms with van der Waals surface area (Å²) in [6, 6.07) is 4.87. The van der Waals surface area contributed by atoms with Crippen molar-refractivity contribution in [3.63, 3.8) is 0 Å². The van der Waals surface area contributed by atoms with Gasteiger partial charge in [-0.15, -0.1) is 12.4 Å². The Bertz CT molecular complexity index is 549. The van der Waals surface area contributed by atoms with Crippen molar-refractivity contribution >= 4 is 34.0 Å². The highest BCUT2D eigenvalue weighted by atomic mass is 35.5. The van der Waals surface area contributed by atoms with E-state index in [1.54, 1.807) is 25.1 Å². The van der Waals surface area contributed by atoms with Gasteiger partial charge in [-0.1, -0.05) is 17.7 Å². The maximum absolute atomic E-state index is 12.5. The Morgan fingerprint density at radius 3 is 2.74 bits per heavy atom. The Morgan fingerprint density at radius 1 is 1.42 bits per heavy atom. The summed E-state index contributed by atoms with van der Waals surface area (Å²) in [6.07, 6.45) is 1.68. The molecule has 0 saturated carbocycles. The van der Waals surface area contributed by atoms with Gasteiger partial charge in [-0.25, -0.2) is 8.42 Å². The van der Waals surface area contributed by atoms with Crippen LogP contribution in [0.2, 0.25) is 5.02 Å². The van der Waals surface area contributed by atoms with E-state index in [0.29, 0.717) is 23.7 Å². The number of nitrogens with two attached hydrogens (primary N) is 1. The molecule has 19 heavy (non-hydrogen) atoms. The lowest BCUT2D eigenvalue weighted by atomic mass is 10.1. The van der Waals surface area contributed by atoms with Gasteiger partial charge < -0.3 is 5.73 Å². The molecule has 0 aromatic heterocycles. The van der Waals surface area contributed by atoms with Crippen molar-refractivity contribution in [2.45, 2.75) is 30.7 Å². The van der Waals surface area contributed by atoms with E-state index in [4.69, 9.17) is 17.3 Å². The summed E-state index contributed by atoms with van der Waals surface area (Å²) in [4.78, 5) is 0.282. The van der Waals surface area contributed by atoms with Gasteiger partial charge in [0.1, 0.15) is 0 Å². The van der Waals surface area contributed by atoms with Gasteiger partial charge in [-0.2, -0.15) is 4.31 Å². The van der Waals surface area contributed by atoms with E-state index in [2.05, 4.69) is 0 Å². The monoisotopic (exact) mass is 324 g/mol. The van der Waals surface area contributed by atoms with Gasteiger partial charge in [0.2, 0.25) is 10.0 Å². The number of halogens is 2. The zero-order valence-corrected chi connectivity index (χ0v) is 13.1. The van der Waals surface area contributed by atoms with E-state index in [1.807, 2.05) is 0 Å². The average molecular weight is 325 g/mol. The van der Waals surface area contributed by atoms with Crippen LogP contribution in [0.15, 0.2) is 23.1 Å². The molecule has 4 nitrogen and oxygen atoms in total. The molecule has 0 unspecified atom stereocenters. The van der Waals surface area contributed by atoms with Crippen LogP contribution in [0.5, 0.6) is 0 Å². The molecule has 1 fully saturated rings. The summed E-state index contributed by atoms with van der Waals surface area (Å²) in [5.41, 5.74) is 6.43. The van der Waals surface area contributed by atoms with Crippen molar-refractivity contribution in [3.05, 3.63) is 28.8 Å². The van der Waals surface area contributed by atoms with Crippen LogP contribution in [0.4, 0.5) is 0 Å². The summed E-state index contributed by atoms with van der Waals surface area (Å²) in [5, 5.41) is 0.470. The van der Waals surface area contributed by atoms with Crippen molar-refractivity contribution in [2.75, 3.05) is 13.1 Å². The molecule has 108 valence electrons. The van der Waals surface area contributed by atoms with Crippen molar-refractivity contribution in [3.8, 4) is 0 Å². The summed E-state index contributed by atoms with van der Waals surface area (Å²) in [6.45, 7) is 2.63. The largest absolute Gasteiger partial charge is 0.327 e. The lowest BCUT2D eigenvalue weighted by Gasteiger charge is -2.30. The normalized spacial score (nSPS) is 20.9. The number of nitrogens with zero attached hydrogens (tertiary/aromatic N) is 1. The predicted molar refractivity (Wildman–Crippen MR) is 79.4 cm³/mol. The summed E-state index contributed by atoms with van der Waals surface area (Å²) in [5.74, 6) is 0. The van der Waals surface area contributed by atoms with E-state index < -0.39 is 10.0 Å². The zero-order valence-electron chi connectivity index (χ0n) is 10.7. The average Bonchev–Trinajstić information content (AvgIpc) is 2.32. The molecule has 0 radical (unpaired) electrons. The minimum Gasteiger partial charge on any atom is -0.327 e. The number of sulfonamides is 1. The fourth-order valence-electron chi connectivity index (χ4n) is 2.20. The van der Waals surface area contributed by atoms with E-state index in [1.165, 1.54) is 4.31 Å². The van der Waals surface area contributed by atoms with Gasteiger partial charge in [-0.3, -0.25) is 0 Å². The SMILES string of the molecule is Cc1c(Cl)cccc1S(=O)(=O)N1CCC[C@H](N)C1.Cl. The number of piperidine rings is 1. The Hall–Kier alpha value is -0.330. The van der Waals surface area contributed by atoms with Gasteiger partial charge in [0.05, 0.1) is 4.90 Å². The Kier molecular flexibility index (Phi) is 5.65. The predicted octanol–water partition coefficient (Wildman–Crippen LogP) is 2.18. The van der Waals surface area contributed by atoms with Crippen LogP contribution in [-0.4, -0.2) is 31.9 Å². The second kappa shape index (κ2) is 6.41. The van der Waals surface area contributed by atoms with E-state index in [-0.39, 0.29) is 23.3 Å². The minimum atomic E-state index is -3.48. The number of hydrogen-bond donors (Lipinski definition) is 1. The third-order valence-electron chi connectivity index (χ3n) is 3.26. The molecule has 1 aromatic carbocycles. The fraction of sp³-hybridized carbons (Fsp3) is 0.500. The van der Waals surface area contributed by atoms with E-state index >= 15 is 0 Å². The number of benzene rings is 1. The van der Waals surface area contributed by atoms with Crippen LogP contribution in [0.25, 0.3) is 0 Å². The first kappa shape index (κ1) is 16.7. The van der Waals surface area contributed by atoms with Gasteiger partial charge in [-0.05, 0) is 37.5 Å². The Labute approximate surface area is 125 Å². The second-order valence-corrected chi connectivity index (χ2v) is 6.94. The maximum Gasteiger partial charge on any atom is 0.243 e. The maximum atomic E-state index is 12.5. The molecule has 0 aliphatic carbocycles. The topological polar surface area (TPSA) is 63.4 Å². The third kappa shape index (κ3) is 3.41. The standard InChI is InChI=1S/C12H17ClN2O2S.ClH/c1-9-11(13)5-2-6-12(9)18(16,17)15-7-3-4-10(14)8-15;/h2,5-6,10H,3-4,7-8,14H2,1H3;1H/t10-;/m0./s1. The summed E-state index contributed by atoms with van der Waals surface area (Å²) in [7, 11) is -3.48. The lowest BCUT2D eigenvalue weighted by Crippen LogP contribution is -2.45. The molecule has 0 spiro atoms. The molecule has 1 heterocycles. The Balaban J connectivity index is 0.00000180. The molecule has 1 atom stereocenters. The molecule has 2 rings (SSSR count). The molecule has 1 aromatic rings. The molecular formula is C12H18Cl2N2O2S. The smallest absolute Gasteiger partial charge is 0.243 e. The van der Waals surface area contributed by atoms with Crippen molar-refractivity contribution in [1.82, 2.24) is 4.31 Å². The van der Waals surface area contributed by atoms with Gasteiger partial charge >= 0.3 is 0 Å². The highest BCUT2D eigenvalue weighted by molar-refractivity contribution is 7.89. The van der Waals surface area contributed by atoms with Crippen LogP contribution < -0.4 is 5.73 Å². The van der Waals surface area contributed by atoms with Crippen LogP contribution in [0.3, 0.4) is 0 Å². The van der Waals surface area contributed by atoms with Crippen LogP contribution in [0, 0.1) is 6.92 Å². The van der Waals surface area contributed by atoms with Crippen molar-refractivity contribution in [2.24, 2.45) is 5.73 Å². The van der Waals surface area contributed by atoms with Crippen LogP contribution in [-0.2, 0) is 10.0 Å². The number of hydrogen-bond acceptors (Lipinski definition) is 3. The van der Waals surface area contributed by atoms with Gasteiger partial charge in [0.25, 0.3) is 0 Å². The molecule has 2 N–H and O–H groups in total. The van der Waals surface area contributed by atoms with E-state index in [9.17, 15) is 8.42 Å². The fourth-order valence-corrected chi connectivity index (χ4v) is 4.21. The summed E-state index contributed by atoms with van der Waals surface area (Å²) < 4.78 is 26.5. The first-order valence-electron chi connectivity index (χ1n) is 5.94. The van der Waals surface area contributed by atoms with Crippen LogP contribution >= 0.6 is 24.0 Å². The third-order valence-corrected chi connectivity index (χ3v) is 5.68. The second-order valence-electron chi connectivity index (χ2n) is 4.63. The van der Waals surface area contributed by atoms with Gasteiger partial charge in [0, 0.05) is 24.2 Å². The number of rotatable bonds is 2. The van der Waals surface area contributed by atoms with Crippen LogP contribution in [0.1, 0.15) is 18.4 Å². The molecule has 1 aliphatic rings. The quantitative estimate of drug-likeness (QED) is 0.906. The zero-order chi connectivity index (χ0) is 13.3. The van der Waals surface area contributed by atoms with Gasteiger partial charge in [0.15, 0.2) is 0 Å². The van der Waals surface area contributed by atoms with Crippen molar-refractivity contribution < 1.29 is 8.42 Å². The Morgan fingerprint density at radius 2 is 2.11 bits per heavy atom. The molecular weight excluding hydrogens is 307 g/mol. The highest BCUT2D eigenvalue weighted by Crippen LogP contribution is 2.27. The van der Waals surface area contributed by atoms with E-state index in [0.717, 1.165) is 12.8 Å². The molecule has 1 aliphatic heterocycles. The summed E-state index contributed by atoms with van der Waals surface area (Å²) >= 11 is 5.98. The first-order chi connectivity index (χ1) is 8.43. The molecule has 0 bridgehead atoms. The van der Waals surface area contributed by atoms with Crippen molar-refractivity contribution in [1.29, 1.82) is 0 Å². The highest BCUT2D eigenvalue weighted by Gasteiger charge is 2.30.